The molecule has 0 atom stereocenters. The quantitative estimate of drug-likeness (QED) is 0.661. The Bertz CT molecular complexity index is 275. The van der Waals surface area contributed by atoms with E-state index in [1.54, 1.807) is 6.92 Å². The van der Waals surface area contributed by atoms with Crippen LogP contribution in [0.25, 0.3) is 0 Å². The van der Waals surface area contributed by atoms with E-state index in [1.807, 2.05) is 14.1 Å². The molecule has 0 unspecified atom stereocenters. The molecule has 0 saturated heterocycles. The van der Waals surface area contributed by atoms with Crippen LogP contribution in [-0.2, 0) is 4.74 Å². The van der Waals surface area contributed by atoms with Crippen molar-refractivity contribution in [2.75, 3.05) is 45.7 Å². The van der Waals surface area contributed by atoms with Crippen LogP contribution in [0.1, 0.15) is 5.82 Å². The van der Waals surface area contributed by atoms with Crippen LogP contribution < -0.4 is 5.32 Å². The summed E-state index contributed by atoms with van der Waals surface area (Å²) in [5.74, 6) is 0.631. The fourth-order valence-corrected chi connectivity index (χ4v) is 0.948. The van der Waals surface area contributed by atoms with Crippen LogP contribution in [0.3, 0.4) is 0 Å². The topological polar surface area (TPSA) is 63.4 Å². The van der Waals surface area contributed by atoms with Gasteiger partial charge in [0.05, 0.1) is 13.2 Å². The minimum Gasteiger partial charge on any atom is -0.378 e. The van der Waals surface area contributed by atoms with Gasteiger partial charge >= 0.3 is 6.01 Å². The van der Waals surface area contributed by atoms with Gasteiger partial charge in [-0.05, 0) is 21.0 Å². The molecule has 1 aromatic rings. The molecule has 1 heterocycles. The van der Waals surface area contributed by atoms with Gasteiger partial charge in [-0.25, -0.2) is 0 Å². The molecule has 0 spiro atoms. The van der Waals surface area contributed by atoms with Crippen molar-refractivity contribution in [3.8, 4) is 0 Å². The Hall–Kier alpha value is -1.14. The van der Waals surface area contributed by atoms with Crippen LogP contribution in [0, 0.1) is 6.92 Å². The smallest absolute Gasteiger partial charge is 0.321 e. The lowest BCUT2D eigenvalue weighted by molar-refractivity contribution is 0.126. The standard InChI is InChI=1S/C9H18N4O2/c1-8-11-9(15-12-8)10-4-6-14-7-5-13(2)3/h4-7H2,1-3H3,(H,10,11,12). The van der Waals surface area contributed by atoms with Crippen molar-refractivity contribution in [3.63, 3.8) is 0 Å². The summed E-state index contributed by atoms with van der Waals surface area (Å²) in [6.45, 7) is 4.75. The van der Waals surface area contributed by atoms with Crippen LogP contribution in [0.4, 0.5) is 6.01 Å². The summed E-state index contributed by atoms with van der Waals surface area (Å²) in [6, 6.07) is 0.448. The Labute approximate surface area is 89.6 Å². The molecule has 0 saturated carbocycles. The lowest BCUT2D eigenvalue weighted by atomic mass is 10.6. The number of aromatic nitrogens is 2. The lowest BCUT2D eigenvalue weighted by Gasteiger charge is -2.09. The van der Waals surface area contributed by atoms with E-state index in [4.69, 9.17) is 9.26 Å². The van der Waals surface area contributed by atoms with Gasteiger partial charge < -0.3 is 19.5 Å². The first-order valence-corrected chi connectivity index (χ1v) is 4.95. The third-order valence-electron chi connectivity index (χ3n) is 1.73. The van der Waals surface area contributed by atoms with E-state index in [-0.39, 0.29) is 0 Å². The molecule has 0 fully saturated rings. The second-order valence-electron chi connectivity index (χ2n) is 3.49. The minimum absolute atomic E-state index is 0.448. The molecule has 0 aromatic carbocycles. The summed E-state index contributed by atoms with van der Waals surface area (Å²) in [6.07, 6.45) is 0. The van der Waals surface area contributed by atoms with Crippen LogP contribution in [-0.4, -0.2) is 55.4 Å². The van der Waals surface area contributed by atoms with E-state index in [9.17, 15) is 0 Å². The average Bonchev–Trinajstić information content (AvgIpc) is 2.57. The maximum Gasteiger partial charge on any atom is 0.321 e. The second-order valence-corrected chi connectivity index (χ2v) is 3.49. The van der Waals surface area contributed by atoms with Crippen LogP contribution >= 0.6 is 0 Å². The average molecular weight is 214 g/mol. The van der Waals surface area contributed by atoms with E-state index in [2.05, 4.69) is 20.4 Å². The molecule has 0 aliphatic carbocycles. The van der Waals surface area contributed by atoms with Gasteiger partial charge in [-0.3, -0.25) is 0 Å². The summed E-state index contributed by atoms with van der Waals surface area (Å²) >= 11 is 0. The Morgan fingerprint density at radius 2 is 2.20 bits per heavy atom. The predicted molar refractivity (Wildman–Crippen MR) is 56.9 cm³/mol. The van der Waals surface area contributed by atoms with Crippen molar-refractivity contribution < 1.29 is 9.26 Å². The largest absolute Gasteiger partial charge is 0.378 e. The second kappa shape index (κ2) is 6.36. The monoisotopic (exact) mass is 214 g/mol. The first kappa shape index (κ1) is 11.9. The maximum absolute atomic E-state index is 5.38. The third-order valence-corrected chi connectivity index (χ3v) is 1.73. The van der Waals surface area contributed by atoms with Gasteiger partial charge in [-0.1, -0.05) is 5.16 Å². The highest BCUT2D eigenvalue weighted by Crippen LogP contribution is 2.00. The van der Waals surface area contributed by atoms with E-state index in [0.29, 0.717) is 25.0 Å². The molecule has 1 N–H and O–H groups in total. The molecular weight excluding hydrogens is 196 g/mol. The van der Waals surface area contributed by atoms with Gasteiger partial charge in [0.1, 0.15) is 0 Å². The Morgan fingerprint density at radius 3 is 2.80 bits per heavy atom. The number of aryl methyl sites for hydroxylation is 1. The number of hydrogen-bond donors (Lipinski definition) is 1. The highest BCUT2D eigenvalue weighted by Gasteiger charge is 1.99. The normalized spacial score (nSPS) is 10.9. The van der Waals surface area contributed by atoms with Gasteiger partial charge in [0.2, 0.25) is 0 Å². The van der Waals surface area contributed by atoms with Crippen molar-refractivity contribution in [2.45, 2.75) is 6.92 Å². The molecule has 0 amide bonds. The van der Waals surface area contributed by atoms with E-state index in [1.165, 1.54) is 0 Å². The molecule has 1 rings (SSSR count). The van der Waals surface area contributed by atoms with Gasteiger partial charge in [0.25, 0.3) is 0 Å². The minimum atomic E-state index is 0.448. The number of likely N-dealkylation sites (N-methyl/N-ethyl adjacent to an activating group) is 1. The number of nitrogens with one attached hydrogen (secondary N) is 1. The molecular formula is C9H18N4O2. The van der Waals surface area contributed by atoms with Gasteiger partial charge in [-0.15, -0.1) is 0 Å². The first-order valence-electron chi connectivity index (χ1n) is 4.95. The number of anilines is 1. The van der Waals surface area contributed by atoms with Crippen molar-refractivity contribution >= 4 is 6.01 Å². The van der Waals surface area contributed by atoms with E-state index in [0.717, 1.165) is 13.2 Å². The van der Waals surface area contributed by atoms with E-state index >= 15 is 0 Å². The van der Waals surface area contributed by atoms with Gasteiger partial charge in [0, 0.05) is 13.1 Å². The molecule has 6 heteroatoms. The lowest BCUT2D eigenvalue weighted by Crippen LogP contribution is -2.20. The molecule has 86 valence electrons. The zero-order valence-electron chi connectivity index (χ0n) is 9.49. The Balaban J connectivity index is 1.98. The van der Waals surface area contributed by atoms with Gasteiger partial charge in [0.15, 0.2) is 5.82 Å². The van der Waals surface area contributed by atoms with Crippen LogP contribution in [0.2, 0.25) is 0 Å². The van der Waals surface area contributed by atoms with Crippen LogP contribution in [0.5, 0.6) is 0 Å². The zero-order valence-corrected chi connectivity index (χ0v) is 9.49. The number of nitrogens with zero attached hydrogens (tertiary/aromatic N) is 3. The molecule has 1 aromatic heterocycles. The third kappa shape index (κ3) is 5.34. The van der Waals surface area contributed by atoms with E-state index < -0.39 is 0 Å². The molecule has 15 heavy (non-hydrogen) atoms. The summed E-state index contributed by atoms with van der Waals surface area (Å²) in [5, 5.41) is 6.63. The predicted octanol–water partition coefficient (Wildman–Crippen LogP) is 0.368. The van der Waals surface area contributed by atoms with Crippen molar-refractivity contribution in [3.05, 3.63) is 5.82 Å². The Kier molecular flexibility index (Phi) is 5.06. The first-order chi connectivity index (χ1) is 7.18. The summed E-state index contributed by atoms with van der Waals surface area (Å²) in [4.78, 5) is 6.08. The fourth-order valence-electron chi connectivity index (χ4n) is 0.948. The summed E-state index contributed by atoms with van der Waals surface area (Å²) in [5.41, 5.74) is 0. The highest BCUT2D eigenvalue weighted by atomic mass is 16.5. The Morgan fingerprint density at radius 1 is 1.40 bits per heavy atom. The molecule has 0 radical (unpaired) electrons. The number of rotatable bonds is 7. The van der Waals surface area contributed by atoms with Crippen molar-refractivity contribution in [1.82, 2.24) is 15.0 Å². The fraction of sp³-hybridized carbons (Fsp3) is 0.778. The number of hydrogen-bond acceptors (Lipinski definition) is 6. The molecule has 0 aliphatic heterocycles. The highest BCUT2D eigenvalue weighted by molar-refractivity contribution is 5.17. The van der Waals surface area contributed by atoms with Gasteiger partial charge in [-0.2, -0.15) is 4.98 Å². The summed E-state index contributed by atoms with van der Waals surface area (Å²) in [7, 11) is 4.03. The zero-order chi connectivity index (χ0) is 11.1. The van der Waals surface area contributed by atoms with Crippen molar-refractivity contribution in [1.29, 1.82) is 0 Å². The summed E-state index contributed by atoms with van der Waals surface area (Å²) < 4.78 is 10.3. The number of ether oxygens (including phenoxy) is 1. The van der Waals surface area contributed by atoms with Crippen LogP contribution in [0.15, 0.2) is 4.52 Å². The maximum atomic E-state index is 5.38. The molecule has 0 bridgehead atoms. The molecule has 0 aliphatic rings. The SMILES string of the molecule is Cc1noc(NCCOCCN(C)C)n1. The molecule has 6 nitrogen and oxygen atoms in total. The van der Waals surface area contributed by atoms with Crippen molar-refractivity contribution in [2.24, 2.45) is 0 Å².